The maximum Gasteiger partial charge on any atom is 0.128 e. The molecular weight excluding hydrogens is 426 g/mol. The van der Waals surface area contributed by atoms with Gasteiger partial charge in [0.05, 0.1) is 41.3 Å². The fourth-order valence-corrected chi connectivity index (χ4v) is 4.82. The predicted molar refractivity (Wildman–Crippen MR) is 147 cm³/mol. The minimum atomic E-state index is 0. The molecule has 0 saturated carbocycles. The largest absolute Gasteiger partial charge is 1.00 e. The molecule has 0 saturated heterocycles. The number of nitrogens with zero attached hydrogens (tertiary/aromatic N) is 2. The molecule has 0 heterocycles. The Bertz CT molecular complexity index is 350. The lowest BCUT2D eigenvalue weighted by Crippen LogP contribution is -3.00. The van der Waals surface area contributed by atoms with Gasteiger partial charge in [-0.3, -0.25) is 0 Å². The molecular formula is C30H66F2N2. The first-order chi connectivity index (χ1) is 15.3. The number of quaternary nitrogens is 2. The topological polar surface area (TPSA) is 0 Å². The van der Waals surface area contributed by atoms with Crippen molar-refractivity contribution in [2.45, 2.75) is 142 Å². The molecule has 0 aromatic heterocycles. The van der Waals surface area contributed by atoms with Crippen LogP contribution in [0.4, 0.5) is 0 Å². The van der Waals surface area contributed by atoms with Gasteiger partial charge < -0.3 is 18.4 Å². The SMILES string of the molecule is CCCCCCCCCCCC[N+](C)(C)CC[N+](C)(C)CCCCCCCCCCCC.[F-].[F-]. The van der Waals surface area contributed by atoms with Crippen LogP contribution in [0.3, 0.4) is 0 Å². The van der Waals surface area contributed by atoms with E-state index in [9.17, 15) is 0 Å². The van der Waals surface area contributed by atoms with Crippen LogP contribution in [-0.4, -0.2) is 63.3 Å². The maximum atomic E-state index is 2.45. The molecule has 0 spiro atoms. The molecule has 0 radical (unpaired) electrons. The van der Waals surface area contributed by atoms with Crippen LogP contribution in [0, 0.1) is 0 Å². The van der Waals surface area contributed by atoms with Crippen molar-refractivity contribution in [2.24, 2.45) is 0 Å². The lowest BCUT2D eigenvalue weighted by atomic mass is 10.1. The minimum absolute atomic E-state index is 0. The van der Waals surface area contributed by atoms with E-state index in [4.69, 9.17) is 0 Å². The summed E-state index contributed by atoms with van der Waals surface area (Å²) in [4.78, 5) is 0. The Morgan fingerprint density at radius 1 is 0.294 bits per heavy atom. The second-order valence-electron chi connectivity index (χ2n) is 12.1. The highest BCUT2D eigenvalue weighted by atomic mass is 19.0. The van der Waals surface area contributed by atoms with Crippen LogP contribution >= 0.6 is 0 Å². The van der Waals surface area contributed by atoms with Gasteiger partial charge in [0.1, 0.15) is 13.1 Å². The van der Waals surface area contributed by atoms with Crippen molar-refractivity contribution < 1.29 is 18.4 Å². The fourth-order valence-electron chi connectivity index (χ4n) is 4.82. The molecule has 0 fully saturated rings. The summed E-state index contributed by atoms with van der Waals surface area (Å²) < 4.78 is 2.41. The van der Waals surface area contributed by atoms with Crippen LogP contribution in [0.1, 0.15) is 142 Å². The Hall–Kier alpha value is -0.220. The van der Waals surface area contributed by atoms with Crippen LogP contribution in [0.15, 0.2) is 0 Å². The molecule has 0 amide bonds. The summed E-state index contributed by atoms with van der Waals surface area (Å²) in [6.45, 7) is 9.96. The van der Waals surface area contributed by atoms with E-state index < -0.39 is 0 Å². The Labute approximate surface area is 215 Å². The average molecular weight is 493 g/mol. The zero-order valence-corrected chi connectivity index (χ0v) is 24.6. The monoisotopic (exact) mass is 493 g/mol. The summed E-state index contributed by atoms with van der Waals surface area (Å²) in [5.74, 6) is 0. The predicted octanol–water partition coefficient (Wildman–Crippen LogP) is 2.99. The molecule has 0 aliphatic carbocycles. The van der Waals surface area contributed by atoms with Crippen LogP contribution in [0.2, 0.25) is 0 Å². The van der Waals surface area contributed by atoms with E-state index in [-0.39, 0.29) is 9.41 Å². The summed E-state index contributed by atoms with van der Waals surface area (Å²) in [6, 6.07) is 0. The third kappa shape index (κ3) is 28.0. The second-order valence-corrected chi connectivity index (χ2v) is 12.1. The molecule has 4 heteroatoms. The van der Waals surface area contributed by atoms with Crippen LogP contribution in [-0.2, 0) is 0 Å². The number of likely N-dealkylation sites (N-methyl/N-ethyl adjacent to an activating group) is 2. The minimum Gasteiger partial charge on any atom is -1.00 e. The van der Waals surface area contributed by atoms with Crippen molar-refractivity contribution in [3.63, 3.8) is 0 Å². The highest BCUT2D eigenvalue weighted by Gasteiger charge is 2.22. The third-order valence-corrected chi connectivity index (χ3v) is 7.54. The second kappa shape index (κ2) is 25.9. The number of rotatable bonds is 25. The quantitative estimate of drug-likeness (QED) is 0.136. The molecule has 0 aromatic carbocycles. The van der Waals surface area contributed by atoms with Gasteiger partial charge in [0.25, 0.3) is 0 Å². The summed E-state index contributed by atoms with van der Waals surface area (Å²) in [6.07, 6.45) is 28.8. The molecule has 34 heavy (non-hydrogen) atoms. The van der Waals surface area contributed by atoms with Gasteiger partial charge in [-0.2, -0.15) is 0 Å². The Morgan fingerprint density at radius 2 is 0.500 bits per heavy atom. The Kier molecular flexibility index (Phi) is 29.1. The van der Waals surface area contributed by atoms with Gasteiger partial charge in [0, 0.05) is 0 Å². The first-order valence-corrected chi connectivity index (χ1v) is 15.0. The first kappa shape index (κ1) is 38.3. The summed E-state index contributed by atoms with van der Waals surface area (Å²) >= 11 is 0. The lowest BCUT2D eigenvalue weighted by Gasteiger charge is -2.36. The smallest absolute Gasteiger partial charge is 0.128 e. The van der Waals surface area contributed by atoms with Gasteiger partial charge in [0.15, 0.2) is 0 Å². The molecule has 0 atom stereocenters. The summed E-state index contributed by atoms with van der Waals surface area (Å²) in [7, 11) is 9.81. The highest BCUT2D eigenvalue weighted by Crippen LogP contribution is 2.14. The summed E-state index contributed by atoms with van der Waals surface area (Å²) in [5, 5.41) is 0. The Morgan fingerprint density at radius 3 is 0.735 bits per heavy atom. The summed E-state index contributed by atoms with van der Waals surface area (Å²) in [5.41, 5.74) is 0. The highest BCUT2D eigenvalue weighted by molar-refractivity contribution is 4.49. The molecule has 0 bridgehead atoms. The number of halogens is 2. The molecule has 0 aliphatic rings. The van der Waals surface area contributed by atoms with E-state index in [1.807, 2.05) is 0 Å². The van der Waals surface area contributed by atoms with E-state index in [1.54, 1.807) is 0 Å². The fraction of sp³-hybridized carbons (Fsp3) is 1.00. The van der Waals surface area contributed by atoms with Crippen molar-refractivity contribution in [1.29, 1.82) is 0 Å². The van der Waals surface area contributed by atoms with Crippen LogP contribution in [0.5, 0.6) is 0 Å². The van der Waals surface area contributed by atoms with E-state index in [1.165, 1.54) is 164 Å². The normalized spacial score (nSPS) is 11.8. The van der Waals surface area contributed by atoms with Crippen LogP contribution < -0.4 is 9.41 Å². The number of hydrogen-bond acceptors (Lipinski definition) is 0. The van der Waals surface area contributed by atoms with Gasteiger partial charge in [-0.1, -0.05) is 117 Å². The Balaban J connectivity index is -0.00000480. The van der Waals surface area contributed by atoms with Crippen molar-refractivity contribution in [3.05, 3.63) is 0 Å². The molecule has 2 nitrogen and oxygen atoms in total. The van der Waals surface area contributed by atoms with Crippen molar-refractivity contribution >= 4 is 0 Å². The van der Waals surface area contributed by atoms with Crippen LogP contribution in [0.25, 0.3) is 0 Å². The maximum absolute atomic E-state index is 2.45. The molecule has 0 aliphatic heterocycles. The van der Waals surface area contributed by atoms with Gasteiger partial charge in [-0.05, 0) is 25.7 Å². The lowest BCUT2D eigenvalue weighted by molar-refractivity contribution is -0.946. The molecule has 210 valence electrons. The molecule has 0 unspecified atom stereocenters. The zero-order chi connectivity index (χ0) is 24.0. The van der Waals surface area contributed by atoms with Gasteiger partial charge in [0.2, 0.25) is 0 Å². The molecule has 0 rings (SSSR count). The molecule has 0 N–H and O–H groups in total. The van der Waals surface area contributed by atoms with Crippen molar-refractivity contribution in [3.8, 4) is 0 Å². The van der Waals surface area contributed by atoms with Gasteiger partial charge in [-0.15, -0.1) is 0 Å². The van der Waals surface area contributed by atoms with E-state index in [0.717, 1.165) is 0 Å². The van der Waals surface area contributed by atoms with Gasteiger partial charge in [-0.25, -0.2) is 0 Å². The first-order valence-electron chi connectivity index (χ1n) is 15.0. The van der Waals surface area contributed by atoms with Gasteiger partial charge >= 0.3 is 0 Å². The standard InChI is InChI=1S/C30H66N2.2FH/c1-7-9-11-13-15-17-19-21-23-25-27-31(3,4)29-30-32(5,6)28-26-24-22-20-18-16-14-12-10-8-2;;/h7-30H2,1-6H3;2*1H/q+2;;/p-2. The van der Waals surface area contributed by atoms with Crippen molar-refractivity contribution in [1.82, 2.24) is 0 Å². The number of unbranched alkanes of at least 4 members (excludes halogenated alkanes) is 18. The number of hydrogen-bond donors (Lipinski definition) is 0. The average Bonchev–Trinajstić information content (AvgIpc) is 2.75. The van der Waals surface area contributed by atoms with E-state index >= 15 is 0 Å². The molecule has 0 aromatic rings. The zero-order valence-electron chi connectivity index (χ0n) is 24.6. The third-order valence-electron chi connectivity index (χ3n) is 7.54. The van der Waals surface area contributed by atoms with E-state index in [2.05, 4.69) is 42.0 Å². The van der Waals surface area contributed by atoms with Crippen molar-refractivity contribution in [2.75, 3.05) is 54.4 Å². The van der Waals surface area contributed by atoms with E-state index in [0.29, 0.717) is 0 Å².